The summed E-state index contributed by atoms with van der Waals surface area (Å²) in [4.78, 5) is 12.0. The van der Waals surface area contributed by atoms with Crippen LogP contribution in [0.3, 0.4) is 0 Å². The van der Waals surface area contributed by atoms with E-state index in [-0.39, 0.29) is 18.1 Å². The van der Waals surface area contributed by atoms with Crippen molar-refractivity contribution in [3.63, 3.8) is 0 Å². The molecule has 0 aromatic heterocycles. The molecule has 2 fully saturated rings. The van der Waals surface area contributed by atoms with Gasteiger partial charge < -0.3 is 9.84 Å². The number of sulfone groups is 1. The predicted molar refractivity (Wildman–Crippen MR) is 80.6 cm³/mol. The van der Waals surface area contributed by atoms with Gasteiger partial charge in [0.1, 0.15) is 5.25 Å². The monoisotopic (exact) mass is 324 g/mol. The number of hydrogen-bond acceptors (Lipinski definition) is 4. The smallest absolute Gasteiger partial charge is 0.314 e. The second-order valence-electron chi connectivity index (χ2n) is 6.18. The molecule has 6 heteroatoms. The van der Waals surface area contributed by atoms with Crippen LogP contribution in [0.2, 0.25) is 0 Å². The van der Waals surface area contributed by atoms with Crippen molar-refractivity contribution >= 4 is 15.8 Å². The van der Waals surface area contributed by atoms with Crippen LogP contribution in [0.4, 0.5) is 0 Å². The first-order valence-corrected chi connectivity index (χ1v) is 9.17. The molecule has 2 aliphatic rings. The van der Waals surface area contributed by atoms with Gasteiger partial charge in [-0.2, -0.15) is 0 Å². The topological polar surface area (TPSA) is 80.7 Å². The lowest BCUT2D eigenvalue weighted by molar-refractivity contribution is -0.145. The number of rotatable bonds is 4. The average molecular weight is 324 g/mol. The van der Waals surface area contributed by atoms with Gasteiger partial charge in [0.25, 0.3) is 0 Å². The van der Waals surface area contributed by atoms with E-state index in [9.17, 15) is 18.3 Å². The fourth-order valence-corrected chi connectivity index (χ4v) is 4.78. The van der Waals surface area contributed by atoms with Gasteiger partial charge in [0.15, 0.2) is 9.84 Å². The first kappa shape index (κ1) is 15.5. The highest BCUT2D eigenvalue weighted by molar-refractivity contribution is 7.92. The highest BCUT2D eigenvalue weighted by Gasteiger charge is 2.41. The van der Waals surface area contributed by atoms with Crippen molar-refractivity contribution in [1.29, 1.82) is 0 Å². The summed E-state index contributed by atoms with van der Waals surface area (Å²) in [5.74, 6) is -0.810. The van der Waals surface area contributed by atoms with Gasteiger partial charge in [0, 0.05) is 0 Å². The fraction of sp³-hybridized carbons (Fsp3) is 0.562. The van der Waals surface area contributed by atoms with E-state index in [0.717, 1.165) is 19.3 Å². The van der Waals surface area contributed by atoms with Crippen molar-refractivity contribution in [2.45, 2.75) is 47.7 Å². The van der Waals surface area contributed by atoms with E-state index in [4.69, 9.17) is 4.74 Å². The number of aliphatic carboxylic acids is 1. The lowest BCUT2D eigenvalue weighted by Crippen LogP contribution is -2.40. The number of benzene rings is 1. The highest BCUT2D eigenvalue weighted by atomic mass is 32.2. The van der Waals surface area contributed by atoms with E-state index < -0.39 is 26.5 Å². The van der Waals surface area contributed by atoms with Gasteiger partial charge in [-0.05, 0) is 30.5 Å². The Morgan fingerprint density at radius 2 is 1.68 bits per heavy atom. The molecule has 0 unspecified atom stereocenters. The molecule has 1 saturated heterocycles. The van der Waals surface area contributed by atoms with E-state index in [1.807, 2.05) is 0 Å². The number of hydrogen-bond donors (Lipinski definition) is 1. The van der Waals surface area contributed by atoms with Crippen molar-refractivity contribution in [1.82, 2.24) is 0 Å². The van der Waals surface area contributed by atoms with Gasteiger partial charge in [0.05, 0.1) is 23.5 Å². The summed E-state index contributed by atoms with van der Waals surface area (Å²) in [5, 5.41) is 9.20. The van der Waals surface area contributed by atoms with Crippen LogP contribution in [-0.4, -0.2) is 38.0 Å². The van der Waals surface area contributed by atoms with Gasteiger partial charge >= 0.3 is 5.97 Å². The Kier molecular flexibility index (Phi) is 3.99. The Hall–Kier alpha value is -1.40. The second-order valence-corrected chi connectivity index (χ2v) is 8.40. The quantitative estimate of drug-likeness (QED) is 0.918. The summed E-state index contributed by atoms with van der Waals surface area (Å²) in [6.07, 6.45) is 4.08. The number of carboxylic acid groups (broad SMARTS) is 1. The third kappa shape index (κ3) is 2.44. The summed E-state index contributed by atoms with van der Waals surface area (Å²) in [7, 11) is -3.36. The minimum atomic E-state index is -3.36. The maximum Gasteiger partial charge on any atom is 0.314 e. The summed E-state index contributed by atoms with van der Waals surface area (Å²) in [6.45, 7) is 0.478. The number of carboxylic acids is 1. The van der Waals surface area contributed by atoms with Crippen LogP contribution in [0.25, 0.3) is 0 Å². The van der Waals surface area contributed by atoms with Crippen LogP contribution in [0.15, 0.2) is 29.2 Å². The van der Waals surface area contributed by atoms with Crippen LogP contribution in [0.1, 0.15) is 37.7 Å². The molecule has 0 amide bonds. The van der Waals surface area contributed by atoms with Gasteiger partial charge in [0.2, 0.25) is 0 Å². The van der Waals surface area contributed by atoms with Gasteiger partial charge in [-0.25, -0.2) is 8.42 Å². The lowest BCUT2D eigenvalue weighted by Gasteiger charge is -2.34. The fourth-order valence-electron chi connectivity index (χ4n) is 3.33. The van der Waals surface area contributed by atoms with E-state index in [1.54, 1.807) is 24.3 Å². The molecule has 3 rings (SSSR count). The van der Waals surface area contributed by atoms with Crippen molar-refractivity contribution < 1.29 is 23.1 Å². The lowest BCUT2D eigenvalue weighted by atomic mass is 9.69. The van der Waals surface area contributed by atoms with E-state index in [1.165, 1.54) is 0 Å². The van der Waals surface area contributed by atoms with E-state index in [0.29, 0.717) is 18.4 Å². The second kappa shape index (κ2) is 5.66. The summed E-state index contributed by atoms with van der Waals surface area (Å²) in [6, 6.07) is 6.43. The van der Waals surface area contributed by atoms with Gasteiger partial charge in [-0.1, -0.05) is 31.4 Å². The summed E-state index contributed by atoms with van der Waals surface area (Å²) in [5.41, 5.74) is -0.149. The van der Waals surface area contributed by atoms with Crippen molar-refractivity contribution in [2.24, 2.45) is 0 Å². The molecule has 1 aliphatic heterocycles. The van der Waals surface area contributed by atoms with Crippen LogP contribution in [-0.2, 0) is 24.8 Å². The van der Waals surface area contributed by atoms with Gasteiger partial charge in [-0.3, -0.25) is 4.79 Å². The molecule has 0 bridgehead atoms. The molecule has 0 atom stereocenters. The molecular weight excluding hydrogens is 304 g/mol. The minimum absolute atomic E-state index is 0.239. The number of carbonyl (C=O) groups is 1. The molecule has 1 aliphatic carbocycles. The van der Waals surface area contributed by atoms with E-state index >= 15 is 0 Å². The highest BCUT2D eigenvalue weighted by Crippen LogP contribution is 2.40. The zero-order valence-electron chi connectivity index (χ0n) is 12.3. The van der Waals surface area contributed by atoms with Gasteiger partial charge in [-0.15, -0.1) is 0 Å². The van der Waals surface area contributed by atoms with Crippen LogP contribution in [0.5, 0.6) is 0 Å². The zero-order valence-corrected chi connectivity index (χ0v) is 13.1. The Morgan fingerprint density at radius 3 is 2.14 bits per heavy atom. The van der Waals surface area contributed by atoms with Crippen LogP contribution >= 0.6 is 0 Å². The average Bonchev–Trinajstić information content (AvgIpc) is 2.45. The molecule has 120 valence electrons. The Morgan fingerprint density at radius 1 is 1.09 bits per heavy atom. The standard InChI is InChI=1S/C16H20O5S/c17-15(18)16(8-2-1-3-9-16)12-4-6-13(7-5-12)22(19,20)14-10-21-11-14/h4-7,14H,1-3,8-11H2,(H,17,18). The minimum Gasteiger partial charge on any atom is -0.481 e. The van der Waals surface area contributed by atoms with Crippen molar-refractivity contribution in [2.75, 3.05) is 13.2 Å². The summed E-state index contributed by atoms with van der Waals surface area (Å²) < 4.78 is 29.6. The molecular formula is C16H20O5S. The van der Waals surface area contributed by atoms with Crippen LogP contribution in [0, 0.1) is 0 Å². The molecule has 1 aromatic rings. The first-order valence-electron chi connectivity index (χ1n) is 7.62. The molecule has 5 nitrogen and oxygen atoms in total. The largest absolute Gasteiger partial charge is 0.481 e. The van der Waals surface area contributed by atoms with Crippen molar-refractivity contribution in [3.05, 3.63) is 29.8 Å². The van der Waals surface area contributed by atoms with Crippen LogP contribution < -0.4 is 0 Å². The molecule has 1 heterocycles. The zero-order chi connectivity index (χ0) is 15.8. The molecule has 1 N–H and O–H groups in total. The Bertz CT molecular complexity index is 652. The van der Waals surface area contributed by atoms with Crippen molar-refractivity contribution in [3.8, 4) is 0 Å². The molecule has 1 saturated carbocycles. The molecule has 1 aromatic carbocycles. The SMILES string of the molecule is O=C(O)C1(c2ccc(S(=O)(=O)C3COC3)cc2)CCCCC1. The predicted octanol–water partition coefficient (Wildman–Crippen LogP) is 2.15. The molecule has 0 radical (unpaired) electrons. The Labute approximate surface area is 130 Å². The third-order valence-electron chi connectivity index (χ3n) is 4.90. The Balaban J connectivity index is 1.91. The maximum atomic E-state index is 12.3. The summed E-state index contributed by atoms with van der Waals surface area (Å²) >= 11 is 0. The first-order chi connectivity index (χ1) is 10.5. The molecule has 0 spiro atoms. The third-order valence-corrected chi connectivity index (χ3v) is 6.98. The van der Waals surface area contributed by atoms with E-state index in [2.05, 4.69) is 0 Å². The normalized spacial score (nSPS) is 22.0. The number of ether oxygens (including phenoxy) is 1. The maximum absolute atomic E-state index is 12.3. The molecule has 22 heavy (non-hydrogen) atoms.